The van der Waals surface area contributed by atoms with Gasteiger partial charge < -0.3 is 31.2 Å². The number of H-pyrrole nitrogens is 1. The molecular formula is C37H40N6O4. The van der Waals surface area contributed by atoms with E-state index >= 15 is 0 Å². The fraction of sp³-hybridized carbons (Fsp3) is 0.243. The Labute approximate surface area is 274 Å². The molecule has 1 aromatic heterocycles. The first-order chi connectivity index (χ1) is 22.6. The van der Waals surface area contributed by atoms with E-state index in [1.807, 2.05) is 32.9 Å². The third-order valence-corrected chi connectivity index (χ3v) is 8.44. The van der Waals surface area contributed by atoms with E-state index in [2.05, 4.69) is 45.0 Å². The summed E-state index contributed by atoms with van der Waals surface area (Å²) in [4.78, 5) is 57.5. The van der Waals surface area contributed by atoms with Crippen LogP contribution in [0, 0.1) is 20.8 Å². The second kappa shape index (κ2) is 14.3. The van der Waals surface area contributed by atoms with Gasteiger partial charge in [0.1, 0.15) is 0 Å². The molecule has 2 heterocycles. The molecule has 0 unspecified atom stereocenters. The van der Waals surface area contributed by atoms with Gasteiger partial charge in [-0.15, -0.1) is 0 Å². The number of aromatic nitrogens is 1. The summed E-state index contributed by atoms with van der Waals surface area (Å²) in [5.41, 5.74) is 7.14. The van der Waals surface area contributed by atoms with Gasteiger partial charge >= 0.3 is 0 Å². The van der Waals surface area contributed by atoms with Crippen molar-refractivity contribution in [1.82, 2.24) is 15.2 Å². The van der Waals surface area contributed by atoms with Gasteiger partial charge in [0.25, 0.3) is 23.6 Å². The number of nitrogens with one attached hydrogen (secondary N) is 5. The molecule has 0 spiro atoms. The highest BCUT2D eigenvalue weighted by Crippen LogP contribution is 2.35. The van der Waals surface area contributed by atoms with Crippen molar-refractivity contribution in [3.63, 3.8) is 0 Å². The van der Waals surface area contributed by atoms with Crippen molar-refractivity contribution in [2.75, 3.05) is 42.1 Å². The van der Waals surface area contributed by atoms with Crippen LogP contribution in [-0.4, -0.2) is 59.7 Å². The summed E-state index contributed by atoms with van der Waals surface area (Å²) in [6, 6.07) is 19.2. The zero-order valence-electron chi connectivity index (χ0n) is 27.3. The second-order valence-electron chi connectivity index (χ2n) is 11.5. The molecule has 3 aromatic carbocycles. The number of fused-ring (bicyclic) bond motifs is 1. The van der Waals surface area contributed by atoms with Crippen LogP contribution in [0.25, 0.3) is 11.6 Å². The third-order valence-electron chi connectivity index (χ3n) is 8.44. The molecule has 10 nitrogen and oxygen atoms in total. The van der Waals surface area contributed by atoms with Gasteiger partial charge in [-0.3, -0.25) is 19.2 Å². The van der Waals surface area contributed by atoms with Gasteiger partial charge in [0, 0.05) is 58.2 Å². The van der Waals surface area contributed by atoms with Gasteiger partial charge in [-0.05, 0) is 87.5 Å². The number of aryl methyl sites for hydroxylation is 2. The second-order valence-corrected chi connectivity index (χ2v) is 11.5. The first-order valence-corrected chi connectivity index (χ1v) is 15.7. The summed E-state index contributed by atoms with van der Waals surface area (Å²) in [5.74, 6) is -1.06. The number of hydrogen-bond donors (Lipinski definition) is 5. The Balaban J connectivity index is 1.30. The molecule has 0 bridgehead atoms. The highest BCUT2D eigenvalue weighted by atomic mass is 16.2. The molecule has 1 aliphatic heterocycles. The molecule has 5 N–H and O–H groups in total. The molecule has 47 heavy (non-hydrogen) atoms. The van der Waals surface area contributed by atoms with Gasteiger partial charge in [0.15, 0.2) is 0 Å². The quantitative estimate of drug-likeness (QED) is 0.129. The van der Waals surface area contributed by atoms with Crippen LogP contribution in [-0.2, 0) is 4.79 Å². The number of hydrogen-bond acceptors (Lipinski definition) is 5. The minimum atomic E-state index is -0.360. The number of rotatable bonds is 11. The van der Waals surface area contributed by atoms with E-state index in [1.165, 1.54) is 0 Å². The molecular weight excluding hydrogens is 592 g/mol. The Hall–Kier alpha value is -5.48. The lowest BCUT2D eigenvalue weighted by Crippen LogP contribution is -2.35. The van der Waals surface area contributed by atoms with Crippen LogP contribution in [0.15, 0.2) is 66.7 Å². The Kier molecular flexibility index (Phi) is 10.0. The molecule has 4 amide bonds. The highest BCUT2D eigenvalue weighted by Gasteiger charge is 2.27. The first-order valence-electron chi connectivity index (χ1n) is 15.7. The average molecular weight is 633 g/mol. The molecule has 0 saturated carbocycles. The maximum Gasteiger partial charge on any atom is 0.256 e. The number of aromatic amines is 1. The van der Waals surface area contributed by atoms with Crippen LogP contribution in [0.5, 0.6) is 0 Å². The van der Waals surface area contributed by atoms with Crippen molar-refractivity contribution in [2.45, 2.75) is 34.6 Å². The summed E-state index contributed by atoms with van der Waals surface area (Å²) in [6.07, 6.45) is 1.74. The molecule has 10 heteroatoms. The highest BCUT2D eigenvalue weighted by molar-refractivity contribution is 6.35. The van der Waals surface area contributed by atoms with E-state index in [-0.39, 0.29) is 23.6 Å². The molecule has 0 saturated heterocycles. The van der Waals surface area contributed by atoms with E-state index in [1.54, 1.807) is 60.7 Å². The Morgan fingerprint density at radius 2 is 1.55 bits per heavy atom. The molecule has 4 aromatic rings. The molecule has 0 atom stereocenters. The fourth-order valence-corrected chi connectivity index (χ4v) is 5.66. The molecule has 0 radical (unpaired) electrons. The van der Waals surface area contributed by atoms with Gasteiger partial charge in [-0.25, -0.2) is 0 Å². The number of benzene rings is 3. The van der Waals surface area contributed by atoms with Gasteiger partial charge in [-0.2, -0.15) is 0 Å². The summed E-state index contributed by atoms with van der Waals surface area (Å²) in [6.45, 7) is 12.9. The number of carbonyl (C=O) groups is 4. The maximum absolute atomic E-state index is 13.3. The SMILES string of the molecule is CCN(CC)CCNC(=O)c1c(C)[nH]c(/C=C2\C(=O)Nc3cc(C(=O)Nc4cc(NC(=O)c5ccccc5)ccc4C)ccc32)c1C. The summed E-state index contributed by atoms with van der Waals surface area (Å²) in [5, 5.41) is 11.7. The zero-order valence-corrected chi connectivity index (χ0v) is 27.3. The van der Waals surface area contributed by atoms with Crippen molar-refractivity contribution in [2.24, 2.45) is 0 Å². The van der Waals surface area contributed by atoms with E-state index in [4.69, 9.17) is 0 Å². The normalized spacial score (nSPS) is 13.0. The van der Waals surface area contributed by atoms with E-state index in [0.29, 0.717) is 57.1 Å². The fourth-order valence-electron chi connectivity index (χ4n) is 5.66. The van der Waals surface area contributed by atoms with Crippen molar-refractivity contribution in [3.8, 4) is 0 Å². The van der Waals surface area contributed by atoms with Crippen molar-refractivity contribution in [1.29, 1.82) is 0 Å². The zero-order chi connectivity index (χ0) is 33.7. The monoisotopic (exact) mass is 632 g/mol. The van der Waals surface area contributed by atoms with Crippen molar-refractivity contribution >= 4 is 52.3 Å². The summed E-state index contributed by atoms with van der Waals surface area (Å²) in [7, 11) is 0. The van der Waals surface area contributed by atoms with Crippen LogP contribution in [0.1, 0.15) is 73.0 Å². The lowest BCUT2D eigenvalue weighted by molar-refractivity contribution is -0.110. The van der Waals surface area contributed by atoms with Gasteiger partial charge in [-0.1, -0.05) is 44.2 Å². The van der Waals surface area contributed by atoms with Crippen LogP contribution >= 0.6 is 0 Å². The maximum atomic E-state index is 13.3. The number of anilines is 3. The number of likely N-dealkylation sites (N-methyl/N-ethyl adjacent to an activating group) is 1. The molecule has 0 aliphatic carbocycles. The minimum absolute atomic E-state index is 0.153. The topological polar surface area (TPSA) is 135 Å². The number of amides is 4. The van der Waals surface area contributed by atoms with Gasteiger partial charge in [0.2, 0.25) is 0 Å². The molecule has 1 aliphatic rings. The van der Waals surface area contributed by atoms with Crippen LogP contribution in [0.4, 0.5) is 17.1 Å². The largest absolute Gasteiger partial charge is 0.358 e. The first kappa shape index (κ1) is 32.9. The number of carbonyl (C=O) groups excluding carboxylic acids is 4. The van der Waals surface area contributed by atoms with Crippen molar-refractivity contribution < 1.29 is 19.2 Å². The average Bonchev–Trinajstić information content (AvgIpc) is 3.53. The van der Waals surface area contributed by atoms with Crippen LogP contribution in [0.3, 0.4) is 0 Å². The minimum Gasteiger partial charge on any atom is -0.358 e. The lowest BCUT2D eigenvalue weighted by atomic mass is 10.0. The molecule has 0 fully saturated rings. The van der Waals surface area contributed by atoms with Gasteiger partial charge in [0.05, 0.1) is 11.1 Å². The van der Waals surface area contributed by atoms with Crippen molar-refractivity contribution in [3.05, 3.63) is 111 Å². The Morgan fingerprint density at radius 3 is 2.28 bits per heavy atom. The summed E-state index contributed by atoms with van der Waals surface area (Å²) >= 11 is 0. The lowest BCUT2D eigenvalue weighted by Gasteiger charge is -2.18. The number of nitrogens with zero attached hydrogens (tertiary/aromatic N) is 1. The van der Waals surface area contributed by atoms with Crippen LogP contribution < -0.4 is 21.3 Å². The molecule has 5 rings (SSSR count). The molecule has 242 valence electrons. The third kappa shape index (κ3) is 7.34. The summed E-state index contributed by atoms with van der Waals surface area (Å²) < 4.78 is 0. The van der Waals surface area contributed by atoms with E-state index in [9.17, 15) is 19.2 Å². The standard InChI is InChI=1S/C37H40N6O4/c1-6-43(7-2)18-17-38-37(47)33-23(4)31(39-24(33)5)21-29-28-16-14-26(19-32(28)42-36(29)46)35(45)41-30-20-27(15-13-22(30)3)40-34(44)25-11-9-8-10-12-25/h8-16,19-21,39H,6-7,17-18H2,1-5H3,(H,38,47)(H,40,44)(H,41,45)(H,42,46)/b29-21-. The van der Waals surface area contributed by atoms with Crippen LogP contribution in [0.2, 0.25) is 0 Å². The van der Waals surface area contributed by atoms with E-state index in [0.717, 1.165) is 36.5 Å². The predicted octanol–water partition coefficient (Wildman–Crippen LogP) is 6.01. The van der Waals surface area contributed by atoms with E-state index < -0.39 is 0 Å². The Bertz CT molecular complexity index is 1870. The Morgan fingerprint density at radius 1 is 0.830 bits per heavy atom. The predicted molar refractivity (Wildman–Crippen MR) is 187 cm³/mol. The smallest absolute Gasteiger partial charge is 0.256 e.